The third kappa shape index (κ3) is 2.89. The highest BCUT2D eigenvalue weighted by Crippen LogP contribution is 2.52. The van der Waals surface area contributed by atoms with E-state index in [4.69, 9.17) is 14.2 Å². The maximum Gasteiger partial charge on any atom is 0.339 e. The molecule has 4 heteroatoms. The number of ether oxygens (including phenoxy) is 3. The van der Waals surface area contributed by atoms with Gasteiger partial charge in [-0.3, -0.25) is 0 Å². The van der Waals surface area contributed by atoms with Gasteiger partial charge in [-0.25, -0.2) is 4.79 Å². The number of carbonyl (C=O) groups excluding carboxylic acids is 1. The maximum absolute atomic E-state index is 12.3. The van der Waals surface area contributed by atoms with Crippen LogP contribution in [-0.2, 0) is 19.9 Å². The number of carbonyl (C=O) groups is 1. The van der Waals surface area contributed by atoms with Crippen LogP contribution < -0.4 is 4.74 Å². The van der Waals surface area contributed by atoms with E-state index < -0.39 is 11.7 Å². The number of benzene rings is 2. The molecule has 1 heterocycles. The first kappa shape index (κ1) is 16.5. The van der Waals surface area contributed by atoms with Gasteiger partial charge in [0.05, 0.1) is 13.7 Å². The monoisotopic (exact) mass is 326 g/mol. The summed E-state index contributed by atoms with van der Waals surface area (Å²) in [6.45, 7) is 4.41. The van der Waals surface area contributed by atoms with Crippen LogP contribution in [0.2, 0.25) is 0 Å². The quantitative estimate of drug-likeness (QED) is 0.601. The van der Waals surface area contributed by atoms with Crippen LogP contribution in [0.25, 0.3) is 0 Å². The Morgan fingerprint density at radius 1 is 1.08 bits per heavy atom. The number of hydrogen-bond donors (Lipinski definition) is 0. The van der Waals surface area contributed by atoms with Crippen LogP contribution in [0.15, 0.2) is 48.5 Å². The Kier molecular flexibility index (Phi) is 4.58. The van der Waals surface area contributed by atoms with Gasteiger partial charge >= 0.3 is 5.97 Å². The number of rotatable bonds is 6. The van der Waals surface area contributed by atoms with Crippen LogP contribution in [0.3, 0.4) is 0 Å². The van der Waals surface area contributed by atoms with Crippen LogP contribution in [0.5, 0.6) is 5.75 Å². The van der Waals surface area contributed by atoms with Gasteiger partial charge in [0.2, 0.25) is 0 Å². The number of methoxy groups -OCH3 is 1. The van der Waals surface area contributed by atoms with E-state index in [0.29, 0.717) is 6.61 Å². The van der Waals surface area contributed by atoms with Crippen molar-refractivity contribution in [1.29, 1.82) is 0 Å². The Hall–Kier alpha value is -2.33. The molecule has 1 saturated heterocycles. The van der Waals surface area contributed by atoms with E-state index in [0.717, 1.165) is 28.9 Å². The molecule has 2 aromatic carbocycles. The Balaban J connectivity index is 1.96. The van der Waals surface area contributed by atoms with Crippen LogP contribution in [0.1, 0.15) is 30.0 Å². The van der Waals surface area contributed by atoms with Gasteiger partial charge in [-0.15, -0.1) is 0 Å². The largest absolute Gasteiger partial charge is 0.497 e. The summed E-state index contributed by atoms with van der Waals surface area (Å²) in [5.74, 6) is 0.455. The minimum atomic E-state index is -0.773. The first-order chi connectivity index (χ1) is 11.6. The Morgan fingerprint density at radius 2 is 1.67 bits per heavy atom. The predicted molar refractivity (Wildman–Crippen MR) is 91.1 cm³/mol. The zero-order valence-electron chi connectivity index (χ0n) is 14.2. The van der Waals surface area contributed by atoms with E-state index in [1.165, 1.54) is 0 Å². The molecular formula is C20H22O4. The summed E-state index contributed by atoms with van der Waals surface area (Å²) in [6.07, 6.45) is 0.179. The average molecular weight is 326 g/mol. The summed E-state index contributed by atoms with van der Waals surface area (Å²) in [5, 5.41) is 0. The molecule has 1 fully saturated rings. The third-order valence-corrected chi connectivity index (χ3v) is 4.28. The number of hydrogen-bond acceptors (Lipinski definition) is 4. The molecule has 4 nitrogen and oxygen atoms in total. The summed E-state index contributed by atoms with van der Waals surface area (Å²) in [6, 6.07) is 15.7. The molecule has 2 aromatic rings. The van der Waals surface area contributed by atoms with E-state index in [1.807, 2.05) is 62.4 Å². The third-order valence-electron chi connectivity index (χ3n) is 4.28. The molecule has 0 amide bonds. The lowest BCUT2D eigenvalue weighted by molar-refractivity contribution is -0.145. The van der Waals surface area contributed by atoms with Gasteiger partial charge in [-0.05, 0) is 36.6 Å². The highest BCUT2D eigenvalue weighted by Gasteiger charge is 2.64. The zero-order valence-corrected chi connectivity index (χ0v) is 14.2. The first-order valence-electron chi connectivity index (χ1n) is 8.18. The van der Waals surface area contributed by atoms with Gasteiger partial charge in [-0.1, -0.05) is 48.9 Å². The van der Waals surface area contributed by atoms with Crippen molar-refractivity contribution in [1.82, 2.24) is 0 Å². The van der Waals surface area contributed by atoms with Gasteiger partial charge in [0.25, 0.3) is 0 Å². The van der Waals surface area contributed by atoms with Crippen molar-refractivity contribution in [2.75, 3.05) is 13.7 Å². The number of esters is 1. The van der Waals surface area contributed by atoms with Crippen LogP contribution in [0, 0.1) is 6.92 Å². The standard InChI is InChI=1S/C20H22O4/c1-4-13-23-19(21)18-20(24-18,15-7-5-14(2)6-8-15)16-9-11-17(22-3)12-10-16/h5-12,18H,4,13H2,1-3H3. The zero-order chi connectivity index (χ0) is 17.2. The highest BCUT2D eigenvalue weighted by molar-refractivity contribution is 5.81. The lowest BCUT2D eigenvalue weighted by Crippen LogP contribution is -2.22. The molecule has 0 bridgehead atoms. The summed E-state index contributed by atoms with van der Waals surface area (Å²) in [4.78, 5) is 12.3. The Morgan fingerprint density at radius 3 is 2.21 bits per heavy atom. The highest BCUT2D eigenvalue weighted by atomic mass is 16.7. The fraction of sp³-hybridized carbons (Fsp3) is 0.350. The molecule has 0 radical (unpaired) electrons. The number of aryl methyl sites for hydroxylation is 1. The second-order valence-corrected chi connectivity index (χ2v) is 6.00. The van der Waals surface area contributed by atoms with Crippen molar-refractivity contribution in [3.8, 4) is 5.75 Å². The fourth-order valence-corrected chi connectivity index (χ4v) is 2.89. The minimum Gasteiger partial charge on any atom is -0.497 e. The molecule has 0 spiro atoms. The molecule has 3 rings (SSSR count). The summed E-state index contributed by atoms with van der Waals surface area (Å²) >= 11 is 0. The van der Waals surface area contributed by atoms with Crippen LogP contribution >= 0.6 is 0 Å². The SMILES string of the molecule is CCCOC(=O)C1OC1(c1ccc(C)cc1)c1ccc(OC)cc1. The van der Waals surface area contributed by atoms with Gasteiger partial charge in [0.15, 0.2) is 11.7 Å². The van der Waals surface area contributed by atoms with Crippen molar-refractivity contribution in [3.63, 3.8) is 0 Å². The van der Waals surface area contributed by atoms with Gasteiger partial charge in [0.1, 0.15) is 5.75 Å². The molecule has 1 aliphatic rings. The van der Waals surface area contributed by atoms with E-state index >= 15 is 0 Å². The molecule has 2 unspecified atom stereocenters. The van der Waals surface area contributed by atoms with Gasteiger partial charge in [0, 0.05) is 0 Å². The fourth-order valence-electron chi connectivity index (χ4n) is 2.89. The van der Waals surface area contributed by atoms with Crippen LogP contribution in [-0.4, -0.2) is 25.8 Å². The molecule has 0 aliphatic carbocycles. The van der Waals surface area contributed by atoms with Crippen molar-refractivity contribution >= 4 is 5.97 Å². The van der Waals surface area contributed by atoms with E-state index in [-0.39, 0.29) is 5.97 Å². The van der Waals surface area contributed by atoms with Crippen molar-refractivity contribution < 1.29 is 19.0 Å². The summed E-state index contributed by atoms with van der Waals surface area (Å²) < 4.78 is 16.4. The second kappa shape index (κ2) is 6.65. The topological polar surface area (TPSA) is 48.1 Å². The second-order valence-electron chi connectivity index (χ2n) is 6.00. The molecule has 126 valence electrons. The molecular weight excluding hydrogens is 304 g/mol. The summed E-state index contributed by atoms with van der Waals surface area (Å²) in [7, 11) is 1.63. The van der Waals surface area contributed by atoms with E-state index in [9.17, 15) is 4.79 Å². The van der Waals surface area contributed by atoms with Gasteiger partial charge < -0.3 is 14.2 Å². The van der Waals surface area contributed by atoms with E-state index in [2.05, 4.69) is 0 Å². The van der Waals surface area contributed by atoms with Crippen molar-refractivity contribution in [2.24, 2.45) is 0 Å². The predicted octanol–water partition coefficient (Wildman–Crippen LogP) is 3.60. The average Bonchev–Trinajstić information content (AvgIpc) is 3.37. The lowest BCUT2D eigenvalue weighted by Gasteiger charge is -2.15. The normalized spacial score (nSPS) is 22.0. The molecule has 24 heavy (non-hydrogen) atoms. The smallest absolute Gasteiger partial charge is 0.339 e. The van der Waals surface area contributed by atoms with Crippen LogP contribution in [0.4, 0.5) is 0 Å². The van der Waals surface area contributed by atoms with Crippen molar-refractivity contribution in [2.45, 2.75) is 32.0 Å². The maximum atomic E-state index is 12.3. The van der Waals surface area contributed by atoms with E-state index in [1.54, 1.807) is 7.11 Å². The number of epoxide rings is 1. The molecule has 0 N–H and O–H groups in total. The summed E-state index contributed by atoms with van der Waals surface area (Å²) in [5.41, 5.74) is 2.27. The Bertz CT molecular complexity index is 705. The molecule has 2 atom stereocenters. The molecule has 0 saturated carbocycles. The van der Waals surface area contributed by atoms with Gasteiger partial charge in [-0.2, -0.15) is 0 Å². The minimum absolute atomic E-state index is 0.312. The van der Waals surface area contributed by atoms with Crippen molar-refractivity contribution in [3.05, 3.63) is 65.2 Å². The first-order valence-corrected chi connectivity index (χ1v) is 8.18. The molecule has 0 aromatic heterocycles. The molecule has 1 aliphatic heterocycles. The lowest BCUT2D eigenvalue weighted by atomic mass is 9.87. The Labute approximate surface area is 142 Å².